The zero-order valence-corrected chi connectivity index (χ0v) is 16.9. The van der Waals surface area contributed by atoms with Crippen molar-refractivity contribution in [2.24, 2.45) is 0 Å². The molecule has 148 valence electrons. The maximum Gasteiger partial charge on any atom is 0.235 e. The van der Waals surface area contributed by atoms with E-state index in [-0.39, 0.29) is 11.2 Å². The standard InChI is InChI=1S/C22H24O6/c1-22(2,3)14-10-13-16(11-17(14)26-5)28-21(20(24)19(13)23)12-7-8-15(25-4)18(9-12)27-6/h7-11,24H,1-6H3. The second-order valence-electron chi connectivity index (χ2n) is 7.48. The summed E-state index contributed by atoms with van der Waals surface area (Å²) < 4.78 is 21.9. The van der Waals surface area contributed by atoms with Gasteiger partial charge in [0.05, 0.1) is 26.7 Å². The van der Waals surface area contributed by atoms with Crippen molar-refractivity contribution in [2.75, 3.05) is 21.3 Å². The van der Waals surface area contributed by atoms with Gasteiger partial charge >= 0.3 is 0 Å². The average molecular weight is 384 g/mol. The van der Waals surface area contributed by atoms with Crippen molar-refractivity contribution in [1.29, 1.82) is 0 Å². The summed E-state index contributed by atoms with van der Waals surface area (Å²) in [7, 11) is 4.62. The van der Waals surface area contributed by atoms with Gasteiger partial charge in [-0.1, -0.05) is 20.8 Å². The summed E-state index contributed by atoms with van der Waals surface area (Å²) in [6.07, 6.45) is 0. The van der Waals surface area contributed by atoms with E-state index in [4.69, 9.17) is 18.6 Å². The van der Waals surface area contributed by atoms with Crippen molar-refractivity contribution in [2.45, 2.75) is 26.2 Å². The summed E-state index contributed by atoms with van der Waals surface area (Å²) in [6.45, 7) is 6.07. The van der Waals surface area contributed by atoms with Gasteiger partial charge in [-0.3, -0.25) is 4.79 Å². The van der Waals surface area contributed by atoms with Gasteiger partial charge in [-0.15, -0.1) is 0 Å². The lowest BCUT2D eigenvalue weighted by Crippen LogP contribution is -2.14. The van der Waals surface area contributed by atoms with Crippen molar-refractivity contribution >= 4 is 11.0 Å². The molecule has 3 rings (SSSR count). The Morgan fingerprint density at radius 1 is 0.893 bits per heavy atom. The average Bonchev–Trinajstić information content (AvgIpc) is 2.68. The fraction of sp³-hybridized carbons (Fsp3) is 0.318. The molecule has 0 bridgehead atoms. The van der Waals surface area contributed by atoms with Crippen molar-refractivity contribution in [3.05, 3.63) is 46.1 Å². The van der Waals surface area contributed by atoms with E-state index in [1.807, 2.05) is 20.8 Å². The Morgan fingerprint density at radius 3 is 2.11 bits per heavy atom. The monoisotopic (exact) mass is 384 g/mol. The van der Waals surface area contributed by atoms with Gasteiger partial charge in [0.1, 0.15) is 11.3 Å². The normalized spacial score (nSPS) is 11.5. The van der Waals surface area contributed by atoms with Crippen LogP contribution in [-0.2, 0) is 5.41 Å². The second-order valence-corrected chi connectivity index (χ2v) is 7.48. The first-order chi connectivity index (χ1) is 13.2. The number of ether oxygens (including phenoxy) is 3. The van der Waals surface area contributed by atoms with E-state index in [1.54, 1.807) is 37.4 Å². The molecule has 1 N–H and O–H groups in total. The van der Waals surface area contributed by atoms with Gasteiger partial charge in [-0.2, -0.15) is 0 Å². The van der Waals surface area contributed by atoms with Crippen LogP contribution in [-0.4, -0.2) is 26.4 Å². The van der Waals surface area contributed by atoms with Crippen molar-refractivity contribution in [3.8, 4) is 34.3 Å². The van der Waals surface area contributed by atoms with Gasteiger partial charge in [0.25, 0.3) is 0 Å². The summed E-state index contributed by atoms with van der Waals surface area (Å²) >= 11 is 0. The molecule has 0 aliphatic rings. The number of benzene rings is 2. The first kappa shape index (κ1) is 19.6. The van der Waals surface area contributed by atoms with E-state index in [2.05, 4.69) is 0 Å². The second kappa shape index (κ2) is 7.11. The van der Waals surface area contributed by atoms with Crippen LogP contribution in [0.25, 0.3) is 22.3 Å². The molecule has 1 heterocycles. The molecule has 2 aromatic carbocycles. The molecular formula is C22H24O6. The smallest absolute Gasteiger partial charge is 0.235 e. The quantitative estimate of drug-likeness (QED) is 0.714. The molecule has 0 aliphatic carbocycles. The largest absolute Gasteiger partial charge is 0.502 e. The molecule has 0 atom stereocenters. The van der Waals surface area contributed by atoms with Crippen LogP contribution in [0.5, 0.6) is 23.0 Å². The van der Waals surface area contributed by atoms with Crippen LogP contribution in [0.1, 0.15) is 26.3 Å². The van der Waals surface area contributed by atoms with Gasteiger partial charge in [-0.25, -0.2) is 0 Å². The Bertz CT molecular complexity index is 1090. The van der Waals surface area contributed by atoms with Crippen molar-refractivity contribution in [3.63, 3.8) is 0 Å². The Hall–Kier alpha value is -3.15. The van der Waals surface area contributed by atoms with Gasteiger partial charge in [-0.05, 0) is 29.7 Å². The Kier molecular flexibility index (Phi) is 4.98. The topological polar surface area (TPSA) is 78.1 Å². The van der Waals surface area contributed by atoms with Crippen LogP contribution in [0.3, 0.4) is 0 Å². The molecule has 0 spiro atoms. The number of methoxy groups -OCH3 is 3. The molecular weight excluding hydrogens is 360 g/mol. The third-order valence-electron chi connectivity index (χ3n) is 4.64. The minimum absolute atomic E-state index is 0.0593. The van der Waals surface area contributed by atoms with E-state index in [1.165, 1.54) is 14.2 Å². The van der Waals surface area contributed by atoms with E-state index in [9.17, 15) is 9.90 Å². The summed E-state index contributed by atoms with van der Waals surface area (Å²) in [5, 5.41) is 10.8. The van der Waals surface area contributed by atoms with E-state index in [0.29, 0.717) is 33.8 Å². The summed E-state index contributed by atoms with van der Waals surface area (Å²) in [5.74, 6) is 1.22. The zero-order chi connectivity index (χ0) is 20.6. The molecule has 0 fully saturated rings. The zero-order valence-electron chi connectivity index (χ0n) is 16.9. The third-order valence-corrected chi connectivity index (χ3v) is 4.64. The predicted molar refractivity (Wildman–Crippen MR) is 108 cm³/mol. The number of hydrogen-bond donors (Lipinski definition) is 1. The molecule has 0 unspecified atom stereocenters. The lowest BCUT2D eigenvalue weighted by atomic mass is 9.85. The van der Waals surface area contributed by atoms with E-state index >= 15 is 0 Å². The lowest BCUT2D eigenvalue weighted by molar-refractivity contribution is 0.355. The summed E-state index contributed by atoms with van der Waals surface area (Å²) in [4.78, 5) is 12.9. The Labute approximate surface area is 163 Å². The third kappa shape index (κ3) is 3.26. The Balaban J connectivity index is 2.30. The molecule has 6 nitrogen and oxygen atoms in total. The highest BCUT2D eigenvalue weighted by atomic mass is 16.5. The van der Waals surface area contributed by atoms with Gasteiger partial charge in [0.15, 0.2) is 17.3 Å². The highest BCUT2D eigenvalue weighted by Crippen LogP contribution is 2.39. The highest BCUT2D eigenvalue weighted by molar-refractivity contribution is 5.84. The fourth-order valence-corrected chi connectivity index (χ4v) is 3.14. The number of fused-ring (bicyclic) bond motifs is 1. The first-order valence-corrected chi connectivity index (χ1v) is 8.82. The lowest BCUT2D eigenvalue weighted by Gasteiger charge is -2.22. The molecule has 0 saturated carbocycles. The van der Waals surface area contributed by atoms with Crippen molar-refractivity contribution < 1.29 is 23.7 Å². The molecule has 28 heavy (non-hydrogen) atoms. The molecule has 0 aliphatic heterocycles. The van der Waals surface area contributed by atoms with Crippen LogP contribution in [0.4, 0.5) is 0 Å². The van der Waals surface area contributed by atoms with Gasteiger partial charge < -0.3 is 23.7 Å². The van der Waals surface area contributed by atoms with Crippen LogP contribution >= 0.6 is 0 Å². The molecule has 0 radical (unpaired) electrons. The van der Waals surface area contributed by atoms with E-state index < -0.39 is 11.2 Å². The molecule has 0 amide bonds. The molecule has 0 saturated heterocycles. The van der Waals surface area contributed by atoms with E-state index in [0.717, 1.165) is 5.56 Å². The predicted octanol–water partition coefficient (Wildman–Crippen LogP) is 4.49. The minimum Gasteiger partial charge on any atom is -0.502 e. The van der Waals surface area contributed by atoms with Crippen LogP contribution in [0, 0.1) is 0 Å². The SMILES string of the molecule is COc1ccc(-c2oc3cc(OC)c(C(C)(C)C)cc3c(=O)c2O)cc1OC. The minimum atomic E-state index is -0.501. The van der Waals surface area contributed by atoms with Crippen LogP contribution in [0.2, 0.25) is 0 Å². The molecule has 1 aromatic heterocycles. The van der Waals surface area contributed by atoms with Crippen LogP contribution < -0.4 is 19.6 Å². The van der Waals surface area contributed by atoms with Crippen molar-refractivity contribution in [1.82, 2.24) is 0 Å². The number of aromatic hydroxyl groups is 1. The maximum atomic E-state index is 12.9. The number of hydrogen-bond acceptors (Lipinski definition) is 6. The van der Waals surface area contributed by atoms with Gasteiger partial charge in [0, 0.05) is 17.2 Å². The number of rotatable bonds is 4. The maximum absolute atomic E-state index is 12.9. The highest BCUT2D eigenvalue weighted by Gasteiger charge is 2.23. The Morgan fingerprint density at radius 2 is 1.54 bits per heavy atom. The molecule has 6 heteroatoms. The fourth-order valence-electron chi connectivity index (χ4n) is 3.14. The summed E-state index contributed by atoms with van der Waals surface area (Å²) in [5.41, 5.74) is 0.932. The summed E-state index contributed by atoms with van der Waals surface area (Å²) in [6, 6.07) is 8.41. The van der Waals surface area contributed by atoms with Crippen LogP contribution in [0.15, 0.2) is 39.5 Å². The molecule has 3 aromatic rings. The van der Waals surface area contributed by atoms with Gasteiger partial charge in [0.2, 0.25) is 11.2 Å². The first-order valence-electron chi connectivity index (χ1n) is 8.82.